The summed E-state index contributed by atoms with van der Waals surface area (Å²) in [6.07, 6.45) is 0.0987. The first-order valence-electron chi connectivity index (χ1n) is 6.43. The van der Waals surface area contributed by atoms with Gasteiger partial charge in [0.1, 0.15) is 5.75 Å². The van der Waals surface area contributed by atoms with Gasteiger partial charge in [-0.05, 0) is 24.6 Å². The fourth-order valence-electron chi connectivity index (χ4n) is 1.69. The normalized spacial score (nSPS) is 11.8. The maximum atomic E-state index is 11.7. The number of carbonyl (C=O) groups excluding carboxylic acids is 1. The minimum Gasteiger partial charge on any atom is -0.495 e. The van der Waals surface area contributed by atoms with Crippen LogP contribution in [0.4, 0.5) is 0 Å². The number of aliphatic carboxylic acids is 1. The summed E-state index contributed by atoms with van der Waals surface area (Å²) in [6, 6.07) is 3.40. The Hall–Kier alpha value is -1.79. The highest BCUT2D eigenvalue weighted by Gasteiger charge is 2.22. The van der Waals surface area contributed by atoms with Crippen LogP contribution in [0.15, 0.2) is 18.2 Å². The predicted molar refractivity (Wildman–Crippen MR) is 77.6 cm³/mol. The van der Waals surface area contributed by atoms with Crippen molar-refractivity contribution in [2.75, 3.05) is 20.3 Å². The maximum Gasteiger partial charge on any atom is 0.330 e. The van der Waals surface area contributed by atoms with Crippen molar-refractivity contribution in [2.24, 2.45) is 0 Å². The zero-order chi connectivity index (χ0) is 15.8. The smallest absolute Gasteiger partial charge is 0.330 e. The highest BCUT2D eigenvalue weighted by molar-refractivity contribution is 6.32. The lowest BCUT2D eigenvalue weighted by molar-refractivity contribution is -0.142. The second-order valence-corrected chi connectivity index (χ2v) is 4.59. The highest BCUT2D eigenvalue weighted by Crippen LogP contribution is 2.27. The molecule has 2 N–H and O–H groups in total. The summed E-state index contributed by atoms with van der Waals surface area (Å²) in [5, 5.41) is 12.0. The molecule has 0 saturated carbocycles. The van der Waals surface area contributed by atoms with Gasteiger partial charge in [0.2, 0.25) is 5.91 Å². The second kappa shape index (κ2) is 8.49. The molecule has 0 fully saturated rings. The van der Waals surface area contributed by atoms with Crippen LogP contribution >= 0.6 is 11.6 Å². The van der Waals surface area contributed by atoms with Crippen molar-refractivity contribution in [1.82, 2.24) is 5.32 Å². The van der Waals surface area contributed by atoms with Crippen LogP contribution in [-0.4, -0.2) is 37.3 Å². The first-order chi connectivity index (χ1) is 9.99. The number of hydrogen-bond donors (Lipinski definition) is 2. The number of methoxy groups -OCH3 is 1. The van der Waals surface area contributed by atoms with E-state index in [1.165, 1.54) is 13.2 Å². The van der Waals surface area contributed by atoms with E-state index >= 15 is 0 Å². The minimum atomic E-state index is -1.17. The van der Waals surface area contributed by atoms with E-state index in [1.54, 1.807) is 12.1 Å². The SMILES string of the molecule is CCOCCC(=O)NC(C(=O)O)c1ccc(OC)c(Cl)c1. The Morgan fingerprint density at radius 2 is 2.14 bits per heavy atom. The average Bonchev–Trinajstić information content (AvgIpc) is 2.44. The molecule has 116 valence electrons. The first kappa shape index (κ1) is 17.3. The van der Waals surface area contributed by atoms with Crippen molar-refractivity contribution in [2.45, 2.75) is 19.4 Å². The molecule has 1 atom stereocenters. The van der Waals surface area contributed by atoms with Gasteiger partial charge in [-0.3, -0.25) is 4.79 Å². The van der Waals surface area contributed by atoms with E-state index in [9.17, 15) is 14.7 Å². The molecule has 21 heavy (non-hydrogen) atoms. The van der Waals surface area contributed by atoms with Crippen LogP contribution in [0.3, 0.4) is 0 Å². The van der Waals surface area contributed by atoms with Crippen LogP contribution in [0.2, 0.25) is 5.02 Å². The number of carboxylic acids is 1. The zero-order valence-electron chi connectivity index (χ0n) is 11.9. The quantitative estimate of drug-likeness (QED) is 0.717. The van der Waals surface area contributed by atoms with Gasteiger partial charge in [-0.2, -0.15) is 0 Å². The number of halogens is 1. The number of nitrogens with one attached hydrogen (secondary N) is 1. The van der Waals surface area contributed by atoms with E-state index in [0.29, 0.717) is 17.9 Å². The van der Waals surface area contributed by atoms with Gasteiger partial charge >= 0.3 is 5.97 Å². The van der Waals surface area contributed by atoms with Gasteiger partial charge in [-0.1, -0.05) is 17.7 Å². The van der Waals surface area contributed by atoms with Gasteiger partial charge in [-0.25, -0.2) is 4.79 Å². The van der Waals surface area contributed by atoms with Gasteiger partial charge in [-0.15, -0.1) is 0 Å². The fourth-order valence-corrected chi connectivity index (χ4v) is 1.96. The number of carbonyl (C=O) groups is 2. The van der Waals surface area contributed by atoms with Crippen LogP contribution in [0, 0.1) is 0 Å². The lowest BCUT2D eigenvalue weighted by Gasteiger charge is -2.16. The molecule has 7 heteroatoms. The molecule has 0 aromatic heterocycles. The van der Waals surface area contributed by atoms with E-state index in [2.05, 4.69) is 5.32 Å². The molecule has 1 amide bonds. The largest absolute Gasteiger partial charge is 0.495 e. The van der Waals surface area contributed by atoms with Crippen molar-refractivity contribution in [3.05, 3.63) is 28.8 Å². The molecular formula is C14H18ClNO5. The molecular weight excluding hydrogens is 298 g/mol. The molecule has 0 aliphatic heterocycles. The van der Waals surface area contributed by atoms with E-state index in [0.717, 1.165) is 0 Å². The molecule has 0 aliphatic rings. The lowest BCUT2D eigenvalue weighted by Crippen LogP contribution is -2.34. The van der Waals surface area contributed by atoms with Gasteiger partial charge in [0, 0.05) is 13.0 Å². The van der Waals surface area contributed by atoms with Gasteiger partial charge < -0.3 is 19.9 Å². The average molecular weight is 316 g/mol. The molecule has 0 heterocycles. The summed E-state index contributed by atoms with van der Waals surface area (Å²) >= 11 is 5.97. The highest BCUT2D eigenvalue weighted by atomic mass is 35.5. The predicted octanol–water partition coefficient (Wildman–Crippen LogP) is 2.02. The molecule has 0 aliphatic carbocycles. The summed E-state index contributed by atoms with van der Waals surface area (Å²) in [6.45, 7) is 2.57. The molecule has 6 nitrogen and oxygen atoms in total. The molecule has 1 rings (SSSR count). The fraction of sp³-hybridized carbons (Fsp3) is 0.429. The third-order valence-electron chi connectivity index (χ3n) is 2.74. The zero-order valence-corrected chi connectivity index (χ0v) is 12.6. The van der Waals surface area contributed by atoms with Crippen LogP contribution < -0.4 is 10.1 Å². The summed E-state index contributed by atoms with van der Waals surface area (Å²) < 4.78 is 10.1. The first-order valence-corrected chi connectivity index (χ1v) is 6.80. The number of benzene rings is 1. The van der Waals surface area contributed by atoms with Gasteiger partial charge in [0.15, 0.2) is 6.04 Å². The van der Waals surface area contributed by atoms with Crippen molar-refractivity contribution >= 4 is 23.5 Å². The van der Waals surface area contributed by atoms with Crippen LogP contribution in [0.1, 0.15) is 24.9 Å². The Bertz CT molecular complexity index is 506. The topological polar surface area (TPSA) is 84.9 Å². The van der Waals surface area contributed by atoms with Crippen LogP contribution in [0.25, 0.3) is 0 Å². The Balaban J connectivity index is 2.80. The summed E-state index contributed by atoms with van der Waals surface area (Å²) in [7, 11) is 1.46. The number of carboxylic acid groups (broad SMARTS) is 1. The Morgan fingerprint density at radius 1 is 1.43 bits per heavy atom. The van der Waals surface area contributed by atoms with Crippen LogP contribution in [0.5, 0.6) is 5.75 Å². The third-order valence-corrected chi connectivity index (χ3v) is 3.03. The molecule has 0 radical (unpaired) electrons. The van der Waals surface area contributed by atoms with Crippen molar-refractivity contribution in [1.29, 1.82) is 0 Å². The monoisotopic (exact) mass is 315 g/mol. The van der Waals surface area contributed by atoms with Crippen molar-refractivity contribution in [3.63, 3.8) is 0 Å². The number of ether oxygens (including phenoxy) is 2. The molecule has 0 spiro atoms. The standard InChI is InChI=1S/C14H18ClNO5/c1-3-21-7-6-12(17)16-13(14(18)19)9-4-5-11(20-2)10(15)8-9/h4-5,8,13H,3,6-7H2,1-2H3,(H,16,17)(H,18,19). The van der Waals surface area contributed by atoms with E-state index in [1.807, 2.05) is 6.92 Å². The molecule has 1 unspecified atom stereocenters. The van der Waals surface area contributed by atoms with Crippen molar-refractivity contribution in [3.8, 4) is 5.75 Å². The Labute approximate surface area is 128 Å². The molecule has 0 bridgehead atoms. The molecule has 1 aromatic carbocycles. The third kappa shape index (κ3) is 5.24. The molecule has 0 saturated heterocycles. The van der Waals surface area contributed by atoms with Crippen LogP contribution in [-0.2, 0) is 14.3 Å². The Morgan fingerprint density at radius 3 is 2.67 bits per heavy atom. The number of hydrogen-bond acceptors (Lipinski definition) is 4. The Kier molecular flexibility index (Phi) is 6.98. The second-order valence-electron chi connectivity index (χ2n) is 4.18. The molecule has 1 aromatic rings. The number of amides is 1. The summed E-state index contributed by atoms with van der Waals surface area (Å²) in [5.41, 5.74) is 0.373. The summed E-state index contributed by atoms with van der Waals surface area (Å²) in [4.78, 5) is 23.0. The van der Waals surface area contributed by atoms with Gasteiger partial charge in [0.05, 0.1) is 18.7 Å². The van der Waals surface area contributed by atoms with Gasteiger partial charge in [0.25, 0.3) is 0 Å². The van der Waals surface area contributed by atoms with Crippen molar-refractivity contribution < 1.29 is 24.2 Å². The minimum absolute atomic E-state index is 0.0987. The van der Waals surface area contributed by atoms with E-state index in [4.69, 9.17) is 21.1 Å². The number of rotatable bonds is 8. The maximum absolute atomic E-state index is 11.7. The van der Waals surface area contributed by atoms with E-state index in [-0.39, 0.29) is 18.1 Å². The summed E-state index contributed by atoms with van der Waals surface area (Å²) in [5.74, 6) is -1.13. The van der Waals surface area contributed by atoms with E-state index < -0.39 is 17.9 Å². The lowest BCUT2D eigenvalue weighted by atomic mass is 10.1.